The number of aliphatic imine (C=N–C) groups is 1. The first-order chi connectivity index (χ1) is 12.2. The fourth-order valence-electron chi connectivity index (χ4n) is 2.72. The van der Waals surface area contributed by atoms with E-state index >= 15 is 0 Å². The first-order valence-corrected chi connectivity index (χ1v) is 8.87. The van der Waals surface area contributed by atoms with Gasteiger partial charge in [0, 0.05) is 16.7 Å². The van der Waals surface area contributed by atoms with Crippen LogP contribution >= 0.6 is 11.8 Å². The number of aromatic nitrogens is 1. The summed E-state index contributed by atoms with van der Waals surface area (Å²) in [6.07, 6.45) is 0. The second kappa shape index (κ2) is 6.57. The lowest BCUT2D eigenvalue weighted by molar-refractivity contribution is 0.0979. The van der Waals surface area contributed by atoms with E-state index in [9.17, 15) is 9.90 Å². The Morgan fingerprint density at radius 1 is 1.12 bits per heavy atom. The Labute approximate surface area is 148 Å². The van der Waals surface area contributed by atoms with Crippen LogP contribution in [0.4, 0.5) is 0 Å². The van der Waals surface area contributed by atoms with Crippen LogP contribution in [0.25, 0.3) is 22.2 Å². The van der Waals surface area contributed by atoms with Crippen LogP contribution in [0.1, 0.15) is 10.4 Å². The number of hydrogen-bond donors (Lipinski definition) is 2. The van der Waals surface area contributed by atoms with Crippen LogP contribution in [0, 0.1) is 0 Å². The molecule has 25 heavy (non-hydrogen) atoms. The van der Waals surface area contributed by atoms with Gasteiger partial charge in [-0.15, -0.1) is 0 Å². The second-order valence-electron chi connectivity index (χ2n) is 5.61. The lowest BCUT2D eigenvalue weighted by Crippen LogP contribution is -2.27. The Bertz CT molecular complexity index is 984. The molecule has 124 valence electrons. The number of pyridine rings is 1. The molecule has 0 bridgehead atoms. The van der Waals surface area contributed by atoms with Crippen LogP contribution < -0.4 is 5.32 Å². The number of phenols is 1. The second-order valence-corrected chi connectivity index (χ2v) is 6.69. The van der Waals surface area contributed by atoms with Gasteiger partial charge in [0.2, 0.25) is 0 Å². The maximum absolute atomic E-state index is 12.8. The van der Waals surface area contributed by atoms with Crippen LogP contribution in [-0.4, -0.2) is 33.5 Å². The molecular formula is C19H15N3O2S. The molecule has 1 aliphatic rings. The van der Waals surface area contributed by atoms with Gasteiger partial charge >= 0.3 is 0 Å². The fraction of sp³-hybridized carbons (Fsp3) is 0.105. The number of rotatable bonds is 2. The number of carbonyl (C=O) groups is 1. The Morgan fingerprint density at radius 3 is 2.68 bits per heavy atom. The normalized spacial score (nSPS) is 13.7. The summed E-state index contributed by atoms with van der Waals surface area (Å²) in [6.45, 7) is 0.732. The van der Waals surface area contributed by atoms with E-state index < -0.39 is 0 Å². The van der Waals surface area contributed by atoms with Gasteiger partial charge in [0.05, 0.1) is 23.3 Å². The highest BCUT2D eigenvalue weighted by Crippen LogP contribution is 2.26. The molecule has 0 spiro atoms. The zero-order chi connectivity index (χ0) is 17.2. The van der Waals surface area contributed by atoms with E-state index in [4.69, 9.17) is 0 Å². The summed E-state index contributed by atoms with van der Waals surface area (Å²) in [7, 11) is 0. The minimum atomic E-state index is -0.188. The lowest BCUT2D eigenvalue weighted by Gasteiger charge is -2.10. The van der Waals surface area contributed by atoms with Crippen molar-refractivity contribution in [1.29, 1.82) is 0 Å². The minimum absolute atomic E-state index is 0.188. The number of nitrogens with one attached hydrogen (secondary N) is 1. The fourth-order valence-corrected chi connectivity index (χ4v) is 3.44. The van der Waals surface area contributed by atoms with E-state index in [-0.39, 0.29) is 11.7 Å². The van der Waals surface area contributed by atoms with Gasteiger partial charge in [-0.25, -0.2) is 4.98 Å². The topological polar surface area (TPSA) is 74.6 Å². The number of thioether (sulfide) groups is 1. The number of para-hydroxylation sites is 1. The first kappa shape index (κ1) is 15.7. The maximum atomic E-state index is 12.8. The van der Waals surface area contributed by atoms with Crippen molar-refractivity contribution in [2.24, 2.45) is 4.99 Å². The number of hydrogen-bond acceptors (Lipinski definition) is 5. The van der Waals surface area contributed by atoms with Crippen molar-refractivity contribution in [1.82, 2.24) is 10.3 Å². The van der Waals surface area contributed by atoms with Gasteiger partial charge in [0.25, 0.3) is 5.91 Å². The molecule has 1 aliphatic heterocycles. The van der Waals surface area contributed by atoms with E-state index in [1.54, 1.807) is 42.1 Å². The monoisotopic (exact) mass is 349 g/mol. The average molecular weight is 349 g/mol. The zero-order valence-electron chi connectivity index (χ0n) is 13.3. The van der Waals surface area contributed by atoms with Gasteiger partial charge in [-0.1, -0.05) is 30.0 Å². The highest BCUT2D eigenvalue weighted by atomic mass is 32.2. The van der Waals surface area contributed by atoms with Crippen molar-refractivity contribution >= 4 is 33.7 Å². The zero-order valence-corrected chi connectivity index (χ0v) is 14.1. The average Bonchev–Trinajstić information content (AvgIpc) is 3.14. The molecule has 4 rings (SSSR count). The van der Waals surface area contributed by atoms with Crippen molar-refractivity contribution in [3.05, 3.63) is 60.2 Å². The number of fused-ring (bicyclic) bond motifs is 1. The summed E-state index contributed by atoms with van der Waals surface area (Å²) in [6, 6.07) is 16.1. The van der Waals surface area contributed by atoms with Gasteiger partial charge < -0.3 is 10.4 Å². The first-order valence-electron chi connectivity index (χ1n) is 7.88. The largest absolute Gasteiger partial charge is 0.508 e. The van der Waals surface area contributed by atoms with Crippen molar-refractivity contribution < 1.29 is 9.90 Å². The van der Waals surface area contributed by atoms with Crippen LogP contribution in [-0.2, 0) is 0 Å². The molecular weight excluding hydrogens is 334 g/mol. The van der Waals surface area contributed by atoms with Gasteiger partial charge in [-0.05, 0) is 36.4 Å². The quantitative estimate of drug-likeness (QED) is 0.743. The minimum Gasteiger partial charge on any atom is -0.508 e. The molecule has 0 fully saturated rings. The molecule has 0 unspecified atom stereocenters. The molecule has 6 heteroatoms. The Balaban J connectivity index is 1.81. The standard InChI is InChI=1S/C19H15N3O2S/c23-13-7-5-12(6-8-13)17-11-15(14-3-1-2-4-16(14)21-17)18(24)22-19-20-9-10-25-19/h1-8,11,23H,9-10H2,(H,20,22,24). The maximum Gasteiger partial charge on any atom is 0.257 e. The number of amides is 1. The van der Waals surface area contributed by atoms with Crippen LogP contribution in [0.15, 0.2) is 59.6 Å². The molecule has 1 aromatic heterocycles. The number of amidine groups is 1. The number of carbonyl (C=O) groups excluding carboxylic acids is 1. The van der Waals surface area contributed by atoms with Gasteiger partial charge in [-0.3, -0.25) is 9.79 Å². The molecule has 0 radical (unpaired) electrons. The summed E-state index contributed by atoms with van der Waals surface area (Å²) in [4.78, 5) is 21.7. The molecule has 1 amide bonds. The highest BCUT2D eigenvalue weighted by molar-refractivity contribution is 8.14. The van der Waals surface area contributed by atoms with E-state index in [0.717, 1.165) is 28.8 Å². The summed E-state index contributed by atoms with van der Waals surface area (Å²) in [5, 5.41) is 13.8. The predicted octanol–water partition coefficient (Wildman–Crippen LogP) is 3.44. The number of aromatic hydroxyl groups is 1. The van der Waals surface area contributed by atoms with Gasteiger partial charge in [0.15, 0.2) is 5.17 Å². The summed E-state index contributed by atoms with van der Waals surface area (Å²) >= 11 is 1.55. The smallest absolute Gasteiger partial charge is 0.257 e. The van der Waals surface area contributed by atoms with Crippen molar-refractivity contribution in [3.8, 4) is 17.0 Å². The molecule has 0 saturated heterocycles. The van der Waals surface area contributed by atoms with Crippen molar-refractivity contribution in [3.63, 3.8) is 0 Å². The van der Waals surface area contributed by atoms with Gasteiger partial charge in [-0.2, -0.15) is 0 Å². The molecule has 3 aromatic rings. The third-order valence-corrected chi connectivity index (χ3v) is 4.82. The van der Waals surface area contributed by atoms with Crippen LogP contribution in [0.2, 0.25) is 0 Å². The van der Waals surface area contributed by atoms with E-state index in [0.29, 0.717) is 16.4 Å². The summed E-state index contributed by atoms with van der Waals surface area (Å²) in [5.74, 6) is 0.899. The van der Waals surface area contributed by atoms with E-state index in [1.165, 1.54) is 0 Å². The summed E-state index contributed by atoms with van der Waals surface area (Å²) in [5.41, 5.74) is 2.83. The third kappa shape index (κ3) is 3.21. The summed E-state index contributed by atoms with van der Waals surface area (Å²) < 4.78 is 0. The van der Waals surface area contributed by atoms with Crippen molar-refractivity contribution in [2.45, 2.75) is 0 Å². The molecule has 5 nitrogen and oxygen atoms in total. The Morgan fingerprint density at radius 2 is 1.92 bits per heavy atom. The Hall–Kier alpha value is -2.86. The molecule has 0 aliphatic carbocycles. The van der Waals surface area contributed by atoms with E-state index in [2.05, 4.69) is 15.3 Å². The third-order valence-electron chi connectivity index (χ3n) is 3.93. The van der Waals surface area contributed by atoms with Gasteiger partial charge in [0.1, 0.15) is 5.75 Å². The van der Waals surface area contributed by atoms with E-state index in [1.807, 2.05) is 24.3 Å². The van der Waals surface area contributed by atoms with Crippen LogP contribution in [0.5, 0.6) is 5.75 Å². The molecule has 2 aromatic carbocycles. The highest BCUT2D eigenvalue weighted by Gasteiger charge is 2.17. The number of benzene rings is 2. The lowest BCUT2D eigenvalue weighted by atomic mass is 10.0. The van der Waals surface area contributed by atoms with Crippen molar-refractivity contribution in [2.75, 3.05) is 12.3 Å². The SMILES string of the molecule is O=C(NC1=NCCS1)c1cc(-c2ccc(O)cc2)nc2ccccc12. The molecule has 2 heterocycles. The molecule has 0 saturated carbocycles. The van der Waals surface area contributed by atoms with Crippen LogP contribution in [0.3, 0.4) is 0 Å². The molecule has 0 atom stereocenters. The number of nitrogens with zero attached hydrogens (tertiary/aromatic N) is 2. The predicted molar refractivity (Wildman–Crippen MR) is 101 cm³/mol. The number of phenolic OH excluding ortho intramolecular Hbond substituents is 1. The molecule has 2 N–H and O–H groups in total. The Kier molecular flexibility index (Phi) is 4.11.